The lowest BCUT2D eigenvalue weighted by molar-refractivity contribution is 0.647. The topological polar surface area (TPSA) is 26.0 Å². The van der Waals surface area contributed by atoms with E-state index in [1.54, 1.807) is 0 Å². The van der Waals surface area contributed by atoms with Crippen LogP contribution in [0.4, 0.5) is 0 Å². The van der Waals surface area contributed by atoms with E-state index in [0.717, 1.165) is 6.42 Å². The second kappa shape index (κ2) is 4.86. The van der Waals surface area contributed by atoms with Crippen molar-refractivity contribution in [1.82, 2.24) is 0 Å². The number of hydrogen-bond acceptors (Lipinski definition) is 2. The van der Waals surface area contributed by atoms with Crippen LogP contribution in [0.2, 0.25) is 0 Å². The van der Waals surface area contributed by atoms with Crippen molar-refractivity contribution in [1.29, 1.82) is 0 Å². The first kappa shape index (κ1) is 12.1. The fraction of sp³-hybridized carbons (Fsp3) is 0.385. The Morgan fingerprint density at radius 3 is 2.75 bits per heavy atom. The highest BCUT2D eigenvalue weighted by atomic mass is 79.9. The smallest absolute Gasteiger partial charge is 0.0491 e. The summed E-state index contributed by atoms with van der Waals surface area (Å²) in [6.45, 7) is 5.15. The number of hydrogen-bond donors (Lipinski definition) is 1. The van der Waals surface area contributed by atoms with Crippen LogP contribution in [0.25, 0.3) is 10.1 Å². The molecule has 1 heterocycles. The van der Waals surface area contributed by atoms with E-state index in [1.165, 1.54) is 25.0 Å². The summed E-state index contributed by atoms with van der Waals surface area (Å²) in [5, 5.41) is 1.37. The molecule has 0 spiro atoms. The third-order valence-corrected chi connectivity index (χ3v) is 4.88. The highest BCUT2D eigenvalue weighted by molar-refractivity contribution is 9.10. The third-order valence-electron chi connectivity index (χ3n) is 2.65. The summed E-state index contributed by atoms with van der Waals surface area (Å²) in [6.07, 6.45) is 1.11. The summed E-state index contributed by atoms with van der Waals surface area (Å²) in [5.74, 6) is 0.669. The number of fused-ring (bicyclic) bond motifs is 1. The van der Waals surface area contributed by atoms with E-state index in [4.69, 9.17) is 5.73 Å². The van der Waals surface area contributed by atoms with E-state index in [9.17, 15) is 0 Å². The highest BCUT2D eigenvalue weighted by Crippen LogP contribution is 2.37. The molecule has 1 nitrogen and oxygen atoms in total. The average molecular weight is 298 g/mol. The van der Waals surface area contributed by atoms with E-state index in [1.807, 2.05) is 11.3 Å². The van der Waals surface area contributed by atoms with Gasteiger partial charge in [0.25, 0.3) is 0 Å². The molecule has 0 amide bonds. The Morgan fingerprint density at radius 2 is 2.12 bits per heavy atom. The molecule has 0 aliphatic heterocycles. The van der Waals surface area contributed by atoms with Crippen LogP contribution < -0.4 is 5.73 Å². The van der Waals surface area contributed by atoms with Crippen molar-refractivity contribution in [2.75, 3.05) is 0 Å². The van der Waals surface area contributed by atoms with Gasteiger partial charge in [-0.05, 0) is 45.3 Å². The van der Waals surface area contributed by atoms with Crippen molar-refractivity contribution in [2.24, 2.45) is 11.7 Å². The molecule has 2 aromatic rings. The van der Waals surface area contributed by atoms with Crippen molar-refractivity contribution >= 4 is 37.4 Å². The quantitative estimate of drug-likeness (QED) is 0.897. The normalized spacial score (nSPS) is 11.6. The Kier molecular flexibility index (Phi) is 3.67. The second-order valence-corrected chi connectivity index (χ2v) is 6.38. The molecule has 0 atom stereocenters. The van der Waals surface area contributed by atoms with Crippen LogP contribution in [-0.4, -0.2) is 0 Å². The van der Waals surface area contributed by atoms with E-state index in [-0.39, 0.29) is 0 Å². The number of benzene rings is 1. The van der Waals surface area contributed by atoms with Gasteiger partial charge in [0.1, 0.15) is 0 Å². The van der Waals surface area contributed by atoms with Gasteiger partial charge >= 0.3 is 0 Å². The molecule has 0 unspecified atom stereocenters. The minimum absolute atomic E-state index is 0.647. The lowest BCUT2D eigenvalue weighted by Gasteiger charge is -2.06. The van der Waals surface area contributed by atoms with Gasteiger partial charge in [-0.1, -0.05) is 26.0 Å². The molecular weight excluding hydrogens is 282 g/mol. The van der Waals surface area contributed by atoms with Crippen LogP contribution in [0.1, 0.15) is 24.3 Å². The molecule has 3 heteroatoms. The first-order chi connectivity index (χ1) is 7.63. The molecule has 86 valence electrons. The van der Waals surface area contributed by atoms with E-state index >= 15 is 0 Å². The lowest BCUT2D eigenvalue weighted by atomic mass is 10.00. The summed E-state index contributed by atoms with van der Waals surface area (Å²) < 4.78 is 2.51. The third kappa shape index (κ3) is 2.17. The average Bonchev–Trinajstić information content (AvgIpc) is 2.58. The first-order valence-corrected chi connectivity index (χ1v) is 7.13. The SMILES string of the molecule is CC(C)Cc1c(CN)sc2c(Br)cccc12. The van der Waals surface area contributed by atoms with Gasteiger partial charge in [-0.3, -0.25) is 0 Å². The summed E-state index contributed by atoms with van der Waals surface area (Å²) >= 11 is 5.43. The number of thiophene rings is 1. The van der Waals surface area contributed by atoms with Crippen LogP contribution >= 0.6 is 27.3 Å². The Balaban J connectivity index is 2.64. The summed E-state index contributed by atoms with van der Waals surface area (Å²) in [4.78, 5) is 1.33. The van der Waals surface area contributed by atoms with Gasteiger partial charge in [-0.25, -0.2) is 0 Å². The molecule has 0 saturated carbocycles. The van der Waals surface area contributed by atoms with Gasteiger partial charge in [-0.2, -0.15) is 0 Å². The Labute approximate surface area is 109 Å². The van der Waals surface area contributed by atoms with Crippen LogP contribution in [0.5, 0.6) is 0 Å². The fourth-order valence-electron chi connectivity index (χ4n) is 1.98. The zero-order valence-corrected chi connectivity index (χ0v) is 12.0. The number of nitrogens with two attached hydrogens (primary N) is 1. The summed E-state index contributed by atoms with van der Waals surface area (Å²) in [6, 6.07) is 6.40. The molecule has 2 N–H and O–H groups in total. The highest BCUT2D eigenvalue weighted by Gasteiger charge is 2.13. The zero-order chi connectivity index (χ0) is 11.7. The summed E-state index contributed by atoms with van der Waals surface area (Å²) in [5.41, 5.74) is 7.28. The molecule has 1 aromatic heterocycles. The maximum Gasteiger partial charge on any atom is 0.0491 e. The molecule has 0 saturated heterocycles. The lowest BCUT2D eigenvalue weighted by Crippen LogP contribution is -2.00. The van der Waals surface area contributed by atoms with E-state index < -0.39 is 0 Å². The second-order valence-electron chi connectivity index (χ2n) is 4.42. The van der Waals surface area contributed by atoms with Crippen molar-refractivity contribution < 1.29 is 0 Å². The molecule has 0 bridgehead atoms. The van der Waals surface area contributed by atoms with Crippen LogP contribution in [0.3, 0.4) is 0 Å². The Bertz CT molecular complexity index is 502. The van der Waals surface area contributed by atoms with Crippen molar-refractivity contribution in [3.8, 4) is 0 Å². The van der Waals surface area contributed by atoms with Gasteiger partial charge in [0.15, 0.2) is 0 Å². The van der Waals surface area contributed by atoms with Crippen LogP contribution in [0, 0.1) is 5.92 Å². The van der Waals surface area contributed by atoms with Crippen LogP contribution in [-0.2, 0) is 13.0 Å². The van der Waals surface area contributed by atoms with E-state index in [0.29, 0.717) is 12.5 Å². The minimum Gasteiger partial charge on any atom is -0.326 e. The molecular formula is C13H16BrNS. The van der Waals surface area contributed by atoms with Gasteiger partial charge < -0.3 is 5.73 Å². The van der Waals surface area contributed by atoms with Gasteiger partial charge in [-0.15, -0.1) is 11.3 Å². The van der Waals surface area contributed by atoms with Crippen molar-refractivity contribution in [2.45, 2.75) is 26.8 Å². The van der Waals surface area contributed by atoms with Crippen LogP contribution in [0.15, 0.2) is 22.7 Å². The minimum atomic E-state index is 0.647. The molecule has 0 aliphatic rings. The molecule has 0 fully saturated rings. The molecule has 16 heavy (non-hydrogen) atoms. The molecule has 2 rings (SSSR count). The van der Waals surface area contributed by atoms with Gasteiger partial charge in [0.2, 0.25) is 0 Å². The number of halogens is 1. The zero-order valence-electron chi connectivity index (χ0n) is 9.59. The summed E-state index contributed by atoms with van der Waals surface area (Å²) in [7, 11) is 0. The maximum absolute atomic E-state index is 5.84. The predicted octanol–water partition coefficient (Wildman–Crippen LogP) is 4.32. The largest absolute Gasteiger partial charge is 0.326 e. The Hall–Kier alpha value is -0.380. The van der Waals surface area contributed by atoms with Gasteiger partial charge in [0.05, 0.1) is 0 Å². The molecule has 0 aliphatic carbocycles. The maximum atomic E-state index is 5.84. The van der Waals surface area contributed by atoms with Crippen molar-refractivity contribution in [3.63, 3.8) is 0 Å². The first-order valence-electron chi connectivity index (χ1n) is 5.52. The molecule has 0 radical (unpaired) electrons. The number of rotatable bonds is 3. The standard InChI is InChI=1S/C13H16BrNS/c1-8(2)6-10-9-4-3-5-11(14)13(9)16-12(10)7-15/h3-5,8H,6-7,15H2,1-2H3. The monoisotopic (exact) mass is 297 g/mol. The van der Waals surface area contributed by atoms with Gasteiger partial charge in [0, 0.05) is 20.6 Å². The Morgan fingerprint density at radius 1 is 1.38 bits per heavy atom. The predicted molar refractivity (Wildman–Crippen MR) is 76.0 cm³/mol. The van der Waals surface area contributed by atoms with Crippen molar-refractivity contribution in [3.05, 3.63) is 33.1 Å². The molecule has 1 aromatic carbocycles. The van der Waals surface area contributed by atoms with E-state index in [2.05, 4.69) is 48.0 Å². The fourth-order valence-corrected chi connectivity index (χ4v) is 3.70.